The second-order valence-corrected chi connectivity index (χ2v) is 6.84. The van der Waals surface area contributed by atoms with Crippen molar-refractivity contribution in [3.63, 3.8) is 0 Å². The molecule has 1 aliphatic rings. The SMILES string of the molecule is COc1cccc(CN(Cc2cnn(C)c2C)CC2CCCO2)c1OC. The van der Waals surface area contributed by atoms with E-state index < -0.39 is 0 Å². The summed E-state index contributed by atoms with van der Waals surface area (Å²) in [5, 5.41) is 4.38. The van der Waals surface area contributed by atoms with Gasteiger partial charge in [0.25, 0.3) is 0 Å². The summed E-state index contributed by atoms with van der Waals surface area (Å²) >= 11 is 0. The molecule has 0 spiro atoms. The zero-order valence-corrected chi connectivity index (χ0v) is 16.2. The second kappa shape index (κ2) is 8.56. The highest BCUT2D eigenvalue weighted by atomic mass is 16.5. The van der Waals surface area contributed by atoms with E-state index in [9.17, 15) is 0 Å². The first-order valence-corrected chi connectivity index (χ1v) is 9.13. The van der Waals surface area contributed by atoms with E-state index in [2.05, 4.69) is 23.0 Å². The lowest BCUT2D eigenvalue weighted by atomic mass is 10.1. The standard InChI is InChI=1S/C20H29N3O3/c1-15-17(11-21-22(15)2)13-23(14-18-8-6-10-26-18)12-16-7-5-9-19(24-3)20(16)25-4/h5,7,9,11,18H,6,8,10,12-14H2,1-4H3. The molecule has 1 aromatic carbocycles. The molecule has 1 atom stereocenters. The third kappa shape index (κ3) is 4.19. The minimum atomic E-state index is 0.295. The van der Waals surface area contributed by atoms with Gasteiger partial charge in [-0.05, 0) is 25.8 Å². The first kappa shape index (κ1) is 18.7. The monoisotopic (exact) mass is 359 g/mol. The molecule has 1 unspecified atom stereocenters. The van der Waals surface area contributed by atoms with E-state index in [0.717, 1.165) is 56.1 Å². The predicted molar refractivity (Wildman–Crippen MR) is 101 cm³/mol. The molecule has 2 heterocycles. The highest BCUT2D eigenvalue weighted by Gasteiger charge is 2.22. The van der Waals surface area contributed by atoms with E-state index in [1.165, 1.54) is 11.3 Å². The van der Waals surface area contributed by atoms with Crippen LogP contribution in [0.1, 0.15) is 29.7 Å². The molecule has 0 amide bonds. The van der Waals surface area contributed by atoms with E-state index >= 15 is 0 Å². The fourth-order valence-electron chi connectivity index (χ4n) is 3.52. The number of aryl methyl sites for hydroxylation is 1. The summed E-state index contributed by atoms with van der Waals surface area (Å²) in [6.45, 7) is 5.48. The summed E-state index contributed by atoms with van der Waals surface area (Å²) in [5.41, 5.74) is 3.55. The van der Waals surface area contributed by atoms with Crippen molar-refractivity contribution < 1.29 is 14.2 Å². The molecule has 6 heteroatoms. The van der Waals surface area contributed by atoms with Crippen molar-refractivity contribution >= 4 is 0 Å². The highest BCUT2D eigenvalue weighted by Crippen LogP contribution is 2.32. The van der Waals surface area contributed by atoms with Gasteiger partial charge in [0.2, 0.25) is 0 Å². The van der Waals surface area contributed by atoms with Crippen LogP contribution >= 0.6 is 0 Å². The third-order valence-electron chi connectivity index (χ3n) is 5.10. The van der Waals surface area contributed by atoms with Crippen LogP contribution in [0.15, 0.2) is 24.4 Å². The molecule has 1 aromatic heterocycles. The Morgan fingerprint density at radius 3 is 2.65 bits per heavy atom. The Morgan fingerprint density at radius 2 is 2.04 bits per heavy atom. The zero-order valence-electron chi connectivity index (χ0n) is 16.2. The minimum Gasteiger partial charge on any atom is -0.493 e. The van der Waals surface area contributed by atoms with Crippen LogP contribution in [0.2, 0.25) is 0 Å². The zero-order chi connectivity index (χ0) is 18.5. The van der Waals surface area contributed by atoms with Crippen molar-refractivity contribution in [3.8, 4) is 11.5 Å². The fourth-order valence-corrected chi connectivity index (χ4v) is 3.52. The summed E-state index contributed by atoms with van der Waals surface area (Å²) in [5.74, 6) is 1.56. The third-order valence-corrected chi connectivity index (χ3v) is 5.10. The molecule has 1 fully saturated rings. The average molecular weight is 359 g/mol. The summed E-state index contributed by atoms with van der Waals surface area (Å²) < 4.78 is 18.9. The van der Waals surface area contributed by atoms with Crippen molar-refractivity contribution in [2.24, 2.45) is 7.05 Å². The van der Waals surface area contributed by atoms with Crippen LogP contribution in [0.3, 0.4) is 0 Å². The van der Waals surface area contributed by atoms with Gasteiger partial charge in [0, 0.05) is 50.1 Å². The van der Waals surface area contributed by atoms with Crippen LogP contribution < -0.4 is 9.47 Å². The van der Waals surface area contributed by atoms with Gasteiger partial charge in [-0.2, -0.15) is 5.10 Å². The number of rotatable bonds is 8. The molecule has 0 saturated carbocycles. The van der Waals surface area contributed by atoms with Gasteiger partial charge in [0.05, 0.1) is 26.5 Å². The topological polar surface area (TPSA) is 48.8 Å². The van der Waals surface area contributed by atoms with Gasteiger partial charge >= 0.3 is 0 Å². The molecule has 3 rings (SSSR count). The molecule has 0 aliphatic carbocycles. The number of hydrogen-bond acceptors (Lipinski definition) is 5. The minimum absolute atomic E-state index is 0.295. The van der Waals surface area contributed by atoms with Crippen molar-refractivity contribution in [1.82, 2.24) is 14.7 Å². The molecular weight excluding hydrogens is 330 g/mol. The number of methoxy groups -OCH3 is 2. The van der Waals surface area contributed by atoms with Gasteiger partial charge in [-0.15, -0.1) is 0 Å². The Morgan fingerprint density at radius 1 is 1.23 bits per heavy atom. The number of benzene rings is 1. The first-order chi connectivity index (χ1) is 12.6. The highest BCUT2D eigenvalue weighted by molar-refractivity contribution is 5.46. The van der Waals surface area contributed by atoms with Gasteiger partial charge < -0.3 is 14.2 Å². The number of aromatic nitrogens is 2. The molecule has 1 saturated heterocycles. The number of nitrogens with zero attached hydrogens (tertiary/aromatic N) is 3. The number of ether oxygens (including phenoxy) is 3. The summed E-state index contributed by atoms with van der Waals surface area (Å²) in [6.07, 6.45) is 4.52. The van der Waals surface area contributed by atoms with Crippen LogP contribution in [0.25, 0.3) is 0 Å². The quantitative estimate of drug-likeness (QED) is 0.725. The molecule has 0 N–H and O–H groups in total. The van der Waals surface area contributed by atoms with Gasteiger partial charge in [0.1, 0.15) is 0 Å². The first-order valence-electron chi connectivity index (χ1n) is 9.13. The average Bonchev–Trinajstić information content (AvgIpc) is 3.26. The summed E-state index contributed by atoms with van der Waals surface area (Å²) in [4.78, 5) is 2.41. The van der Waals surface area contributed by atoms with Crippen molar-refractivity contribution in [2.45, 2.75) is 39.0 Å². The normalized spacial score (nSPS) is 17.0. The molecule has 1 aliphatic heterocycles. The molecule has 2 aromatic rings. The Kier molecular flexibility index (Phi) is 6.16. The van der Waals surface area contributed by atoms with Crippen LogP contribution in [0.5, 0.6) is 11.5 Å². The van der Waals surface area contributed by atoms with Crippen LogP contribution in [-0.2, 0) is 24.9 Å². The van der Waals surface area contributed by atoms with Gasteiger partial charge in [-0.25, -0.2) is 0 Å². The summed E-state index contributed by atoms with van der Waals surface area (Å²) in [6, 6.07) is 6.04. The van der Waals surface area contributed by atoms with Gasteiger partial charge in [0.15, 0.2) is 11.5 Å². The Hall–Kier alpha value is -2.05. The maximum Gasteiger partial charge on any atom is 0.165 e. The molecule has 26 heavy (non-hydrogen) atoms. The smallest absolute Gasteiger partial charge is 0.165 e. The summed E-state index contributed by atoms with van der Waals surface area (Å²) in [7, 11) is 5.34. The predicted octanol–water partition coefficient (Wildman–Crippen LogP) is 2.93. The Bertz CT molecular complexity index is 723. The maximum atomic E-state index is 5.88. The van der Waals surface area contributed by atoms with Crippen molar-refractivity contribution in [1.29, 1.82) is 0 Å². The number of hydrogen-bond donors (Lipinski definition) is 0. The van der Waals surface area contributed by atoms with E-state index in [-0.39, 0.29) is 0 Å². The van der Waals surface area contributed by atoms with Crippen LogP contribution in [0, 0.1) is 6.92 Å². The maximum absolute atomic E-state index is 5.88. The van der Waals surface area contributed by atoms with E-state index in [0.29, 0.717) is 6.10 Å². The molecule has 0 bridgehead atoms. The van der Waals surface area contributed by atoms with Gasteiger partial charge in [-0.3, -0.25) is 9.58 Å². The van der Waals surface area contributed by atoms with Crippen LogP contribution in [0.4, 0.5) is 0 Å². The van der Waals surface area contributed by atoms with E-state index in [4.69, 9.17) is 14.2 Å². The largest absolute Gasteiger partial charge is 0.493 e. The fraction of sp³-hybridized carbons (Fsp3) is 0.550. The van der Waals surface area contributed by atoms with Gasteiger partial charge in [-0.1, -0.05) is 12.1 Å². The number of para-hydroxylation sites is 1. The molecular formula is C20H29N3O3. The van der Waals surface area contributed by atoms with E-state index in [1.54, 1.807) is 14.2 Å². The van der Waals surface area contributed by atoms with Crippen molar-refractivity contribution in [3.05, 3.63) is 41.2 Å². The molecule has 6 nitrogen and oxygen atoms in total. The Balaban J connectivity index is 1.82. The lowest BCUT2D eigenvalue weighted by Gasteiger charge is -2.26. The van der Waals surface area contributed by atoms with E-state index in [1.807, 2.05) is 30.1 Å². The second-order valence-electron chi connectivity index (χ2n) is 6.84. The Labute approximate surface area is 155 Å². The van der Waals surface area contributed by atoms with Crippen molar-refractivity contribution in [2.75, 3.05) is 27.4 Å². The molecule has 0 radical (unpaired) electrons. The lowest BCUT2D eigenvalue weighted by Crippen LogP contribution is -2.31. The van der Waals surface area contributed by atoms with Crippen LogP contribution in [-0.4, -0.2) is 48.2 Å². The molecule has 142 valence electrons. The lowest BCUT2D eigenvalue weighted by molar-refractivity contribution is 0.0675.